The number of rotatable bonds is 2. The van der Waals surface area contributed by atoms with E-state index in [9.17, 15) is 10.1 Å². The van der Waals surface area contributed by atoms with E-state index >= 15 is 0 Å². The summed E-state index contributed by atoms with van der Waals surface area (Å²) in [5.41, 5.74) is 1.66. The summed E-state index contributed by atoms with van der Waals surface area (Å²) in [6.07, 6.45) is 2.39. The van der Waals surface area contributed by atoms with Crippen LogP contribution in [0.2, 0.25) is 0 Å². The van der Waals surface area contributed by atoms with Crippen molar-refractivity contribution < 1.29 is 4.79 Å². The molecule has 2 fully saturated rings. The fourth-order valence-corrected chi connectivity index (χ4v) is 3.85. The average Bonchev–Trinajstić information content (AvgIpc) is 3.04. The SMILES string of the molecule is C=CC(=O)N1CC2(CCN(c3nc4ccccc4cc3C#N)C2)C1. The molecule has 24 heavy (non-hydrogen) atoms. The predicted molar refractivity (Wildman–Crippen MR) is 92.5 cm³/mol. The number of likely N-dealkylation sites (tertiary alicyclic amines) is 1. The molecule has 0 bridgehead atoms. The minimum Gasteiger partial charge on any atom is -0.355 e. The number of nitriles is 1. The third-order valence-corrected chi connectivity index (χ3v) is 5.10. The van der Waals surface area contributed by atoms with Gasteiger partial charge in [0.1, 0.15) is 11.9 Å². The molecule has 2 saturated heterocycles. The standard InChI is InChI=1S/C19H18N4O/c1-2-17(24)23-12-19(13-23)7-8-22(11-19)18-15(10-20)9-14-5-3-4-6-16(14)21-18/h2-6,9H,1,7-8,11-13H2. The first-order valence-corrected chi connectivity index (χ1v) is 8.10. The van der Waals surface area contributed by atoms with Gasteiger partial charge >= 0.3 is 0 Å². The molecule has 0 atom stereocenters. The first-order chi connectivity index (χ1) is 11.6. The van der Waals surface area contributed by atoms with Crippen LogP contribution >= 0.6 is 0 Å². The summed E-state index contributed by atoms with van der Waals surface area (Å²) in [7, 11) is 0. The van der Waals surface area contributed by atoms with E-state index in [-0.39, 0.29) is 11.3 Å². The lowest BCUT2D eigenvalue weighted by molar-refractivity contribution is -0.136. The van der Waals surface area contributed by atoms with E-state index in [1.807, 2.05) is 35.2 Å². The molecule has 4 rings (SSSR count). The summed E-state index contributed by atoms with van der Waals surface area (Å²) in [5, 5.41) is 10.5. The van der Waals surface area contributed by atoms with Gasteiger partial charge in [0.15, 0.2) is 0 Å². The maximum absolute atomic E-state index is 11.7. The zero-order valence-electron chi connectivity index (χ0n) is 13.4. The third-order valence-electron chi connectivity index (χ3n) is 5.10. The molecule has 5 heteroatoms. The second kappa shape index (κ2) is 5.34. The van der Waals surface area contributed by atoms with Crippen LogP contribution in [0.3, 0.4) is 0 Å². The number of nitrogens with zero attached hydrogens (tertiary/aromatic N) is 4. The molecule has 120 valence electrons. The Morgan fingerprint density at radius 2 is 2.12 bits per heavy atom. The van der Waals surface area contributed by atoms with E-state index in [2.05, 4.69) is 17.5 Å². The first kappa shape index (κ1) is 14.7. The lowest BCUT2D eigenvalue weighted by Gasteiger charge is -2.47. The van der Waals surface area contributed by atoms with Gasteiger partial charge in [-0.25, -0.2) is 4.98 Å². The van der Waals surface area contributed by atoms with Crippen molar-refractivity contribution in [2.45, 2.75) is 6.42 Å². The number of pyridine rings is 1. The maximum Gasteiger partial charge on any atom is 0.245 e. The summed E-state index contributed by atoms with van der Waals surface area (Å²) >= 11 is 0. The fraction of sp³-hybridized carbons (Fsp3) is 0.316. The summed E-state index contributed by atoms with van der Waals surface area (Å²) in [6.45, 7) is 6.79. The number of para-hydroxylation sites is 1. The van der Waals surface area contributed by atoms with Gasteiger partial charge < -0.3 is 9.80 Å². The number of fused-ring (bicyclic) bond motifs is 1. The van der Waals surface area contributed by atoms with Crippen molar-refractivity contribution in [1.82, 2.24) is 9.88 Å². The van der Waals surface area contributed by atoms with Crippen LogP contribution in [0.15, 0.2) is 43.0 Å². The number of hydrogen-bond donors (Lipinski definition) is 0. The molecule has 1 spiro atoms. The van der Waals surface area contributed by atoms with Crippen molar-refractivity contribution >= 4 is 22.6 Å². The summed E-state index contributed by atoms with van der Waals surface area (Å²) in [6, 6.07) is 12.1. The molecule has 5 nitrogen and oxygen atoms in total. The molecule has 0 saturated carbocycles. The molecular formula is C19H18N4O. The Morgan fingerprint density at radius 1 is 1.33 bits per heavy atom. The van der Waals surface area contributed by atoms with E-state index in [0.717, 1.165) is 49.3 Å². The van der Waals surface area contributed by atoms with E-state index in [1.165, 1.54) is 6.08 Å². The normalized spacial score (nSPS) is 18.5. The quantitative estimate of drug-likeness (QED) is 0.797. The van der Waals surface area contributed by atoms with Crippen LogP contribution in [0, 0.1) is 16.7 Å². The summed E-state index contributed by atoms with van der Waals surface area (Å²) in [4.78, 5) is 20.4. The molecule has 0 unspecified atom stereocenters. The summed E-state index contributed by atoms with van der Waals surface area (Å²) in [5.74, 6) is 0.766. The maximum atomic E-state index is 11.7. The highest BCUT2D eigenvalue weighted by Crippen LogP contribution is 2.41. The molecule has 2 aliphatic heterocycles. The van der Waals surface area contributed by atoms with Crippen LogP contribution in [0.25, 0.3) is 10.9 Å². The highest BCUT2D eigenvalue weighted by Gasteiger charge is 2.49. The Balaban J connectivity index is 1.60. The van der Waals surface area contributed by atoms with Crippen LogP contribution in [0.1, 0.15) is 12.0 Å². The number of benzene rings is 1. The zero-order valence-corrected chi connectivity index (χ0v) is 13.4. The Kier molecular flexibility index (Phi) is 3.27. The van der Waals surface area contributed by atoms with E-state index in [4.69, 9.17) is 4.98 Å². The highest BCUT2D eigenvalue weighted by atomic mass is 16.2. The van der Waals surface area contributed by atoms with Gasteiger partial charge in [0.05, 0.1) is 11.1 Å². The Hall–Kier alpha value is -2.87. The number of carbonyl (C=O) groups excluding carboxylic acids is 1. The molecule has 1 amide bonds. The molecule has 1 aromatic carbocycles. The number of carbonyl (C=O) groups is 1. The number of hydrogen-bond acceptors (Lipinski definition) is 4. The van der Waals surface area contributed by atoms with Crippen LogP contribution < -0.4 is 4.90 Å². The third kappa shape index (κ3) is 2.23. The minimum atomic E-state index is 0.000573. The van der Waals surface area contributed by atoms with Crippen molar-refractivity contribution in [3.05, 3.63) is 48.6 Å². The van der Waals surface area contributed by atoms with Crippen LogP contribution in [0.4, 0.5) is 5.82 Å². The second-order valence-corrected chi connectivity index (χ2v) is 6.73. The van der Waals surface area contributed by atoms with Gasteiger partial charge in [-0.15, -0.1) is 0 Å². The van der Waals surface area contributed by atoms with Gasteiger partial charge in [-0.1, -0.05) is 24.8 Å². The highest BCUT2D eigenvalue weighted by molar-refractivity contribution is 5.88. The Morgan fingerprint density at radius 3 is 2.88 bits per heavy atom. The molecule has 1 aromatic heterocycles. The van der Waals surface area contributed by atoms with E-state index in [1.54, 1.807) is 0 Å². The Bertz CT molecular complexity index is 877. The van der Waals surface area contributed by atoms with Gasteiger partial charge in [0.2, 0.25) is 5.91 Å². The van der Waals surface area contributed by atoms with Crippen LogP contribution in [-0.2, 0) is 4.79 Å². The molecule has 0 N–H and O–H groups in total. The van der Waals surface area contributed by atoms with Crippen LogP contribution in [-0.4, -0.2) is 42.0 Å². The monoisotopic (exact) mass is 318 g/mol. The molecule has 2 aromatic rings. The van der Waals surface area contributed by atoms with Gasteiger partial charge in [-0.05, 0) is 24.6 Å². The number of aromatic nitrogens is 1. The molecule has 0 radical (unpaired) electrons. The van der Waals surface area contributed by atoms with Crippen molar-refractivity contribution in [3.63, 3.8) is 0 Å². The minimum absolute atomic E-state index is 0.000573. The Labute approximate surface area is 140 Å². The first-order valence-electron chi connectivity index (χ1n) is 8.10. The van der Waals surface area contributed by atoms with Crippen molar-refractivity contribution in [1.29, 1.82) is 5.26 Å². The predicted octanol–water partition coefficient (Wildman–Crippen LogP) is 2.33. The number of amides is 1. The number of anilines is 1. The lowest BCUT2D eigenvalue weighted by atomic mass is 9.79. The van der Waals surface area contributed by atoms with Crippen molar-refractivity contribution in [2.24, 2.45) is 5.41 Å². The second-order valence-electron chi connectivity index (χ2n) is 6.73. The van der Waals surface area contributed by atoms with Crippen LogP contribution in [0.5, 0.6) is 0 Å². The van der Waals surface area contributed by atoms with Gasteiger partial charge in [0, 0.05) is 37.0 Å². The van der Waals surface area contributed by atoms with E-state index in [0.29, 0.717) is 5.56 Å². The van der Waals surface area contributed by atoms with Crippen molar-refractivity contribution in [3.8, 4) is 6.07 Å². The topological polar surface area (TPSA) is 60.2 Å². The van der Waals surface area contributed by atoms with Gasteiger partial charge in [-0.2, -0.15) is 5.26 Å². The smallest absolute Gasteiger partial charge is 0.245 e. The van der Waals surface area contributed by atoms with Crippen molar-refractivity contribution in [2.75, 3.05) is 31.1 Å². The lowest BCUT2D eigenvalue weighted by Crippen LogP contribution is -2.59. The fourth-order valence-electron chi connectivity index (χ4n) is 3.85. The van der Waals surface area contributed by atoms with Gasteiger partial charge in [0.25, 0.3) is 0 Å². The zero-order chi connectivity index (χ0) is 16.7. The molecule has 3 heterocycles. The average molecular weight is 318 g/mol. The molecule has 2 aliphatic rings. The molecule has 0 aliphatic carbocycles. The van der Waals surface area contributed by atoms with E-state index < -0.39 is 0 Å². The summed E-state index contributed by atoms with van der Waals surface area (Å²) < 4.78 is 0. The molecular weight excluding hydrogens is 300 g/mol. The van der Waals surface area contributed by atoms with Gasteiger partial charge in [-0.3, -0.25) is 4.79 Å². The largest absolute Gasteiger partial charge is 0.355 e.